The lowest BCUT2D eigenvalue weighted by molar-refractivity contribution is -0.150. The van der Waals surface area contributed by atoms with E-state index in [4.69, 9.17) is 21.1 Å². The molecule has 2 rings (SSSR count). The fourth-order valence-electron chi connectivity index (χ4n) is 2.48. The molecular weight excluding hydrogens is 382 g/mol. The molecule has 28 heavy (non-hydrogen) atoms. The minimum Gasteiger partial charge on any atom is -0.482 e. The van der Waals surface area contributed by atoms with Gasteiger partial charge < -0.3 is 14.8 Å². The molecule has 0 fully saturated rings. The first-order valence-corrected chi connectivity index (χ1v) is 9.11. The predicted molar refractivity (Wildman–Crippen MR) is 105 cm³/mol. The number of ketones is 1. The number of halogens is 1. The summed E-state index contributed by atoms with van der Waals surface area (Å²) >= 11 is 5.86. The van der Waals surface area contributed by atoms with Crippen LogP contribution in [0.15, 0.2) is 48.5 Å². The Morgan fingerprint density at radius 3 is 2.43 bits per heavy atom. The summed E-state index contributed by atoms with van der Waals surface area (Å²) in [6.07, 6.45) is 0.370. The lowest BCUT2D eigenvalue weighted by Gasteiger charge is -2.16. The van der Waals surface area contributed by atoms with E-state index in [0.717, 1.165) is 11.1 Å². The number of amides is 1. The molecule has 0 saturated heterocycles. The van der Waals surface area contributed by atoms with Crippen molar-refractivity contribution in [2.75, 3.05) is 13.2 Å². The van der Waals surface area contributed by atoms with Gasteiger partial charge in [-0.2, -0.15) is 0 Å². The average molecular weight is 404 g/mol. The van der Waals surface area contributed by atoms with Crippen molar-refractivity contribution >= 4 is 29.3 Å². The van der Waals surface area contributed by atoms with Crippen LogP contribution in [-0.2, 0) is 25.5 Å². The van der Waals surface area contributed by atoms with Crippen LogP contribution in [0.25, 0.3) is 0 Å². The minimum atomic E-state index is -0.688. The fourth-order valence-corrected chi connectivity index (χ4v) is 2.71. The molecule has 1 N–H and O–H groups in total. The zero-order valence-corrected chi connectivity index (χ0v) is 16.5. The molecule has 0 heterocycles. The normalized spacial score (nSPS) is 11.4. The van der Waals surface area contributed by atoms with Crippen LogP contribution in [0.3, 0.4) is 0 Å². The summed E-state index contributed by atoms with van der Waals surface area (Å²) in [5.41, 5.74) is 1.70. The zero-order chi connectivity index (χ0) is 20.5. The zero-order valence-electron chi connectivity index (χ0n) is 15.7. The van der Waals surface area contributed by atoms with Crippen molar-refractivity contribution < 1.29 is 23.9 Å². The van der Waals surface area contributed by atoms with Crippen molar-refractivity contribution in [3.63, 3.8) is 0 Å². The molecule has 1 atom stereocenters. The van der Waals surface area contributed by atoms with Gasteiger partial charge in [0.15, 0.2) is 19.0 Å². The number of carbonyl (C=O) groups is 3. The van der Waals surface area contributed by atoms with Gasteiger partial charge in [-0.15, -0.1) is 0 Å². The van der Waals surface area contributed by atoms with Crippen molar-refractivity contribution in [1.82, 2.24) is 5.32 Å². The molecule has 2 aromatic carbocycles. The Morgan fingerprint density at radius 2 is 1.79 bits per heavy atom. The van der Waals surface area contributed by atoms with Gasteiger partial charge in [-0.3, -0.25) is 9.59 Å². The van der Waals surface area contributed by atoms with Crippen LogP contribution in [0, 0.1) is 6.92 Å². The molecule has 148 valence electrons. The van der Waals surface area contributed by atoms with Crippen LogP contribution >= 0.6 is 11.6 Å². The maximum Gasteiger partial charge on any atom is 0.344 e. The first-order valence-electron chi connectivity index (χ1n) is 8.73. The van der Waals surface area contributed by atoms with Gasteiger partial charge in [-0.05, 0) is 49.6 Å². The minimum absolute atomic E-state index is 0.176. The van der Waals surface area contributed by atoms with Gasteiger partial charge in [0.2, 0.25) is 0 Å². The van der Waals surface area contributed by atoms with Gasteiger partial charge in [-0.1, -0.05) is 41.9 Å². The van der Waals surface area contributed by atoms with Crippen LogP contribution in [-0.4, -0.2) is 36.9 Å². The number of esters is 1. The van der Waals surface area contributed by atoms with Crippen LogP contribution in [0.2, 0.25) is 5.02 Å². The van der Waals surface area contributed by atoms with Crippen LogP contribution in [0.5, 0.6) is 5.75 Å². The third kappa shape index (κ3) is 7.04. The molecule has 6 nitrogen and oxygen atoms in total. The standard InChI is InChI=1S/C21H22ClNO5/c1-14-10-17(22)8-9-19(14)27-13-21(26)28-12-20(25)23-18(15(2)24)11-16-6-4-3-5-7-16/h3-10,18H,11-13H2,1-2H3,(H,23,25). The Hall–Kier alpha value is -2.86. The molecule has 0 bridgehead atoms. The van der Waals surface area contributed by atoms with E-state index in [9.17, 15) is 14.4 Å². The smallest absolute Gasteiger partial charge is 0.344 e. The summed E-state index contributed by atoms with van der Waals surface area (Å²) in [5.74, 6) is -0.908. The van der Waals surface area contributed by atoms with Crippen LogP contribution in [0.4, 0.5) is 0 Å². The van der Waals surface area contributed by atoms with Crippen molar-refractivity contribution in [3.8, 4) is 5.75 Å². The van der Waals surface area contributed by atoms with E-state index in [1.807, 2.05) is 30.3 Å². The van der Waals surface area contributed by atoms with Gasteiger partial charge in [0, 0.05) is 5.02 Å². The molecule has 7 heteroatoms. The highest BCUT2D eigenvalue weighted by Crippen LogP contribution is 2.21. The number of Topliss-reactive ketones (excluding diaryl/α,β-unsaturated/α-hetero) is 1. The molecule has 0 spiro atoms. The number of hydrogen-bond donors (Lipinski definition) is 1. The summed E-state index contributed by atoms with van der Waals surface area (Å²) < 4.78 is 10.3. The Morgan fingerprint density at radius 1 is 1.07 bits per heavy atom. The molecule has 2 aromatic rings. The number of ether oxygens (including phenoxy) is 2. The lowest BCUT2D eigenvalue weighted by Crippen LogP contribution is -2.43. The molecule has 1 amide bonds. The molecule has 0 aliphatic heterocycles. The van der Waals surface area contributed by atoms with Gasteiger partial charge in [0.25, 0.3) is 5.91 Å². The van der Waals surface area contributed by atoms with E-state index < -0.39 is 24.5 Å². The quantitative estimate of drug-likeness (QED) is 0.651. The highest BCUT2D eigenvalue weighted by Gasteiger charge is 2.18. The SMILES string of the molecule is CC(=O)C(Cc1ccccc1)NC(=O)COC(=O)COc1ccc(Cl)cc1C. The fraction of sp³-hybridized carbons (Fsp3) is 0.286. The van der Waals surface area contributed by atoms with Gasteiger partial charge in [0.05, 0.1) is 6.04 Å². The third-order valence-corrected chi connectivity index (χ3v) is 4.19. The highest BCUT2D eigenvalue weighted by molar-refractivity contribution is 6.30. The summed E-state index contributed by atoms with van der Waals surface area (Å²) in [6, 6.07) is 13.7. The second-order valence-corrected chi connectivity index (χ2v) is 6.72. The summed E-state index contributed by atoms with van der Waals surface area (Å²) in [7, 11) is 0. The van der Waals surface area contributed by atoms with Crippen molar-refractivity contribution in [2.45, 2.75) is 26.3 Å². The van der Waals surface area contributed by atoms with Gasteiger partial charge >= 0.3 is 5.97 Å². The Labute approximate surface area is 168 Å². The third-order valence-electron chi connectivity index (χ3n) is 3.96. The number of carbonyl (C=O) groups excluding carboxylic acids is 3. The molecule has 0 aliphatic carbocycles. The summed E-state index contributed by atoms with van der Waals surface area (Å²) in [6.45, 7) is 2.38. The van der Waals surface area contributed by atoms with E-state index in [2.05, 4.69) is 5.32 Å². The molecule has 0 aromatic heterocycles. The van der Waals surface area contributed by atoms with Gasteiger partial charge in [-0.25, -0.2) is 4.79 Å². The number of hydrogen-bond acceptors (Lipinski definition) is 5. The Kier molecular flexibility index (Phi) is 8.02. The largest absolute Gasteiger partial charge is 0.482 e. The average Bonchev–Trinajstić information content (AvgIpc) is 2.66. The van der Waals surface area contributed by atoms with E-state index >= 15 is 0 Å². The van der Waals surface area contributed by atoms with E-state index in [0.29, 0.717) is 17.2 Å². The van der Waals surface area contributed by atoms with E-state index in [1.165, 1.54) is 6.92 Å². The molecule has 1 unspecified atom stereocenters. The second kappa shape index (κ2) is 10.5. The molecule has 0 saturated carbocycles. The number of benzene rings is 2. The van der Waals surface area contributed by atoms with Crippen molar-refractivity contribution in [3.05, 3.63) is 64.7 Å². The Balaban J connectivity index is 1.78. The Bertz CT molecular complexity index is 838. The van der Waals surface area contributed by atoms with E-state index in [1.54, 1.807) is 25.1 Å². The number of nitrogens with one attached hydrogen (secondary N) is 1. The van der Waals surface area contributed by atoms with Crippen LogP contribution < -0.4 is 10.1 Å². The van der Waals surface area contributed by atoms with Gasteiger partial charge in [0.1, 0.15) is 5.75 Å². The number of aryl methyl sites for hydroxylation is 1. The first kappa shape index (κ1) is 21.4. The maximum atomic E-state index is 12.0. The maximum absolute atomic E-state index is 12.0. The highest BCUT2D eigenvalue weighted by atomic mass is 35.5. The number of rotatable bonds is 9. The molecular formula is C21H22ClNO5. The molecule has 0 aliphatic rings. The second-order valence-electron chi connectivity index (χ2n) is 6.28. The topological polar surface area (TPSA) is 81.7 Å². The van der Waals surface area contributed by atoms with Crippen molar-refractivity contribution in [2.24, 2.45) is 0 Å². The van der Waals surface area contributed by atoms with E-state index in [-0.39, 0.29) is 12.4 Å². The predicted octanol–water partition coefficient (Wildman–Crippen LogP) is 2.89. The van der Waals surface area contributed by atoms with Crippen LogP contribution in [0.1, 0.15) is 18.1 Å². The lowest BCUT2D eigenvalue weighted by atomic mass is 10.0. The summed E-state index contributed by atoms with van der Waals surface area (Å²) in [5, 5.41) is 3.16. The summed E-state index contributed by atoms with van der Waals surface area (Å²) in [4.78, 5) is 35.6. The monoisotopic (exact) mass is 403 g/mol. The molecule has 0 radical (unpaired) electrons. The van der Waals surface area contributed by atoms with Crippen molar-refractivity contribution in [1.29, 1.82) is 0 Å². The first-order chi connectivity index (χ1) is 13.3.